The minimum absolute atomic E-state index is 0.226. The van der Waals surface area contributed by atoms with Crippen LogP contribution in [0.4, 0.5) is 0 Å². The Morgan fingerprint density at radius 1 is 1.46 bits per heavy atom. The van der Waals surface area contributed by atoms with Crippen LogP contribution in [-0.2, 0) is 15.5 Å². The minimum Gasteiger partial charge on any atom is -0.372 e. The summed E-state index contributed by atoms with van der Waals surface area (Å²) in [6.07, 6.45) is 0.226. The zero-order valence-corrected chi connectivity index (χ0v) is 9.31. The molecule has 1 aliphatic heterocycles. The summed E-state index contributed by atoms with van der Waals surface area (Å²) < 4.78 is 17.7. The van der Waals surface area contributed by atoms with Crippen LogP contribution in [0.1, 0.15) is 0 Å². The molecular formula is C9H9BrO2S. The van der Waals surface area contributed by atoms with Gasteiger partial charge in [0.25, 0.3) is 0 Å². The van der Waals surface area contributed by atoms with Gasteiger partial charge in [-0.2, -0.15) is 0 Å². The van der Waals surface area contributed by atoms with E-state index in [0.29, 0.717) is 5.75 Å². The SMILES string of the molecule is O=S(C[C@@H]1CO1)c1ccc(Br)cc1. The van der Waals surface area contributed by atoms with Gasteiger partial charge in [0, 0.05) is 9.37 Å². The predicted molar refractivity (Wildman–Crippen MR) is 55.2 cm³/mol. The molecule has 4 heteroatoms. The second kappa shape index (κ2) is 3.90. The first kappa shape index (κ1) is 9.37. The summed E-state index contributed by atoms with van der Waals surface area (Å²) in [5.41, 5.74) is 0. The molecule has 2 nitrogen and oxygen atoms in total. The summed E-state index contributed by atoms with van der Waals surface area (Å²) in [4.78, 5) is 0.874. The molecule has 1 aromatic rings. The third-order valence-electron chi connectivity index (χ3n) is 1.82. The van der Waals surface area contributed by atoms with Crippen molar-refractivity contribution in [2.75, 3.05) is 12.4 Å². The number of benzene rings is 1. The first-order valence-electron chi connectivity index (χ1n) is 4.01. The van der Waals surface area contributed by atoms with E-state index in [2.05, 4.69) is 15.9 Å². The molecule has 0 radical (unpaired) electrons. The van der Waals surface area contributed by atoms with E-state index in [0.717, 1.165) is 16.0 Å². The van der Waals surface area contributed by atoms with E-state index in [4.69, 9.17) is 4.74 Å². The molecule has 13 heavy (non-hydrogen) atoms. The van der Waals surface area contributed by atoms with Gasteiger partial charge < -0.3 is 4.74 Å². The van der Waals surface area contributed by atoms with Crippen LogP contribution in [0.3, 0.4) is 0 Å². The van der Waals surface area contributed by atoms with Gasteiger partial charge in [0.05, 0.1) is 29.3 Å². The summed E-state index contributed by atoms with van der Waals surface area (Å²) in [6.45, 7) is 0.766. The van der Waals surface area contributed by atoms with Gasteiger partial charge in [0.1, 0.15) is 0 Å². The molecule has 0 spiro atoms. The van der Waals surface area contributed by atoms with E-state index in [9.17, 15) is 4.21 Å². The van der Waals surface area contributed by atoms with Crippen molar-refractivity contribution in [2.24, 2.45) is 0 Å². The first-order chi connectivity index (χ1) is 6.25. The fraction of sp³-hybridized carbons (Fsp3) is 0.333. The smallest absolute Gasteiger partial charge is 0.0928 e. The average Bonchev–Trinajstić information content (AvgIpc) is 2.89. The lowest BCUT2D eigenvalue weighted by Crippen LogP contribution is -2.03. The number of ether oxygens (including phenoxy) is 1. The van der Waals surface area contributed by atoms with Gasteiger partial charge in [-0.1, -0.05) is 15.9 Å². The summed E-state index contributed by atoms with van der Waals surface area (Å²) >= 11 is 3.33. The molecule has 0 N–H and O–H groups in total. The molecular weight excluding hydrogens is 252 g/mol. The van der Waals surface area contributed by atoms with Gasteiger partial charge in [-0.3, -0.25) is 4.21 Å². The van der Waals surface area contributed by atoms with E-state index >= 15 is 0 Å². The molecule has 70 valence electrons. The molecule has 0 bridgehead atoms. The van der Waals surface area contributed by atoms with Crippen LogP contribution in [0.25, 0.3) is 0 Å². The Morgan fingerprint density at radius 2 is 2.08 bits per heavy atom. The molecule has 0 aliphatic carbocycles. The lowest BCUT2D eigenvalue weighted by Gasteiger charge is -1.99. The van der Waals surface area contributed by atoms with Crippen molar-refractivity contribution in [3.8, 4) is 0 Å². The van der Waals surface area contributed by atoms with Crippen LogP contribution in [0.15, 0.2) is 33.6 Å². The Labute approximate surface area is 87.9 Å². The molecule has 1 fully saturated rings. The molecule has 1 saturated heterocycles. The van der Waals surface area contributed by atoms with Crippen LogP contribution in [0, 0.1) is 0 Å². The van der Waals surface area contributed by atoms with Gasteiger partial charge in [0.2, 0.25) is 0 Å². The maximum atomic E-state index is 11.6. The van der Waals surface area contributed by atoms with E-state index in [-0.39, 0.29) is 6.10 Å². The minimum atomic E-state index is -0.905. The number of hydrogen-bond donors (Lipinski definition) is 0. The van der Waals surface area contributed by atoms with Crippen molar-refractivity contribution < 1.29 is 8.95 Å². The quantitative estimate of drug-likeness (QED) is 0.778. The van der Waals surface area contributed by atoms with Gasteiger partial charge in [-0.05, 0) is 24.3 Å². The van der Waals surface area contributed by atoms with Crippen LogP contribution in [-0.4, -0.2) is 22.7 Å². The van der Waals surface area contributed by atoms with E-state index in [1.807, 2.05) is 24.3 Å². The molecule has 1 aliphatic rings. The molecule has 2 rings (SSSR count). The third kappa shape index (κ3) is 2.62. The monoisotopic (exact) mass is 260 g/mol. The fourth-order valence-electron chi connectivity index (χ4n) is 1.02. The van der Waals surface area contributed by atoms with Crippen molar-refractivity contribution in [3.63, 3.8) is 0 Å². The largest absolute Gasteiger partial charge is 0.372 e. The first-order valence-corrected chi connectivity index (χ1v) is 6.12. The summed E-state index contributed by atoms with van der Waals surface area (Å²) in [7, 11) is -0.905. The number of halogens is 1. The second-order valence-corrected chi connectivity index (χ2v) is 5.33. The lowest BCUT2D eigenvalue weighted by molar-refractivity contribution is 0.425. The van der Waals surface area contributed by atoms with Crippen molar-refractivity contribution in [1.29, 1.82) is 0 Å². The zero-order chi connectivity index (χ0) is 9.26. The van der Waals surface area contributed by atoms with Gasteiger partial charge in [-0.25, -0.2) is 0 Å². The normalized spacial score (nSPS) is 22.7. The number of rotatable bonds is 3. The highest BCUT2D eigenvalue weighted by atomic mass is 79.9. The Morgan fingerprint density at radius 3 is 2.62 bits per heavy atom. The highest BCUT2D eigenvalue weighted by Gasteiger charge is 2.25. The molecule has 0 saturated carbocycles. The molecule has 1 unspecified atom stereocenters. The average molecular weight is 261 g/mol. The third-order valence-corrected chi connectivity index (χ3v) is 3.82. The number of epoxide rings is 1. The standard InChI is InChI=1S/C9H9BrO2S/c10-7-1-3-9(4-2-7)13(11)6-8-5-12-8/h1-4,8H,5-6H2/t8-,13?/m0/s1. The van der Waals surface area contributed by atoms with Gasteiger partial charge in [0.15, 0.2) is 0 Å². The van der Waals surface area contributed by atoms with Crippen LogP contribution in [0.5, 0.6) is 0 Å². The summed E-state index contributed by atoms with van der Waals surface area (Å²) in [5.74, 6) is 0.627. The predicted octanol–water partition coefficient (Wildman–Crippen LogP) is 1.96. The molecule has 1 aromatic carbocycles. The molecule has 2 atom stereocenters. The fourth-order valence-corrected chi connectivity index (χ4v) is 2.44. The second-order valence-electron chi connectivity index (χ2n) is 2.92. The summed E-state index contributed by atoms with van der Waals surface area (Å²) in [6, 6.07) is 7.56. The van der Waals surface area contributed by atoms with Crippen molar-refractivity contribution in [3.05, 3.63) is 28.7 Å². The van der Waals surface area contributed by atoms with E-state index < -0.39 is 10.8 Å². The molecule has 0 aromatic heterocycles. The topological polar surface area (TPSA) is 29.6 Å². The maximum Gasteiger partial charge on any atom is 0.0928 e. The lowest BCUT2D eigenvalue weighted by atomic mass is 10.4. The Kier molecular flexibility index (Phi) is 2.81. The van der Waals surface area contributed by atoms with Crippen molar-refractivity contribution in [1.82, 2.24) is 0 Å². The molecule has 1 heterocycles. The Bertz CT molecular complexity index is 319. The highest BCUT2D eigenvalue weighted by Crippen LogP contribution is 2.17. The van der Waals surface area contributed by atoms with Gasteiger partial charge >= 0.3 is 0 Å². The van der Waals surface area contributed by atoms with E-state index in [1.54, 1.807) is 0 Å². The zero-order valence-electron chi connectivity index (χ0n) is 6.90. The Balaban J connectivity index is 2.05. The van der Waals surface area contributed by atoms with Crippen molar-refractivity contribution >= 4 is 26.7 Å². The van der Waals surface area contributed by atoms with Crippen LogP contribution in [0.2, 0.25) is 0 Å². The van der Waals surface area contributed by atoms with Crippen LogP contribution >= 0.6 is 15.9 Å². The molecule has 0 amide bonds. The van der Waals surface area contributed by atoms with Gasteiger partial charge in [-0.15, -0.1) is 0 Å². The Hall–Kier alpha value is -0.190. The highest BCUT2D eigenvalue weighted by molar-refractivity contribution is 9.10. The van der Waals surface area contributed by atoms with Crippen molar-refractivity contribution in [2.45, 2.75) is 11.0 Å². The summed E-state index contributed by atoms with van der Waals surface area (Å²) in [5, 5.41) is 0. The van der Waals surface area contributed by atoms with E-state index in [1.165, 1.54) is 0 Å². The maximum absolute atomic E-state index is 11.6. The number of hydrogen-bond acceptors (Lipinski definition) is 2. The van der Waals surface area contributed by atoms with Crippen LogP contribution < -0.4 is 0 Å².